The van der Waals surface area contributed by atoms with Crippen LogP contribution >= 0.6 is 0 Å². The Labute approximate surface area is 137 Å². The van der Waals surface area contributed by atoms with Crippen LogP contribution in [-0.4, -0.2) is 72.1 Å². The lowest BCUT2D eigenvalue weighted by Gasteiger charge is -2.21. The van der Waals surface area contributed by atoms with Crippen molar-refractivity contribution in [2.45, 2.75) is 20.3 Å². The average molecular weight is 318 g/mol. The van der Waals surface area contributed by atoms with Gasteiger partial charge in [0.05, 0.1) is 5.70 Å². The van der Waals surface area contributed by atoms with Crippen LogP contribution in [0.3, 0.4) is 0 Å². The Bertz CT molecular complexity index is 567. The minimum Gasteiger partial charge on any atom is -0.365 e. The van der Waals surface area contributed by atoms with Gasteiger partial charge in [-0.05, 0) is 18.9 Å². The Morgan fingerprint density at radius 3 is 1.87 bits per heavy atom. The Kier molecular flexibility index (Phi) is 4.43. The second kappa shape index (κ2) is 6.35. The highest BCUT2D eigenvalue weighted by atomic mass is 16.1. The van der Waals surface area contributed by atoms with Gasteiger partial charge in [0.25, 0.3) is 0 Å². The summed E-state index contributed by atoms with van der Waals surface area (Å²) in [5.74, 6) is 0.822. The fraction of sp³-hybridized carbons (Fsp3) is 0.647. The minimum absolute atomic E-state index is 0.00546. The maximum atomic E-state index is 12.4. The van der Waals surface area contributed by atoms with Crippen LogP contribution in [0, 0.1) is 5.92 Å². The zero-order chi connectivity index (χ0) is 16.6. The van der Waals surface area contributed by atoms with Crippen molar-refractivity contribution in [1.29, 1.82) is 0 Å². The molecule has 4 aliphatic rings. The molecule has 0 unspecified atom stereocenters. The summed E-state index contributed by atoms with van der Waals surface area (Å²) < 4.78 is 0. The predicted octanol–water partition coefficient (Wildman–Crippen LogP) is 0.172. The molecule has 23 heavy (non-hydrogen) atoms. The van der Waals surface area contributed by atoms with Gasteiger partial charge in [-0.2, -0.15) is 0 Å². The first-order valence-electron chi connectivity index (χ1n) is 8.52. The van der Waals surface area contributed by atoms with Crippen LogP contribution < -0.4 is 5.73 Å². The zero-order valence-corrected chi connectivity index (χ0v) is 14.0. The van der Waals surface area contributed by atoms with Gasteiger partial charge in [-0.1, -0.05) is 13.8 Å². The fourth-order valence-corrected chi connectivity index (χ4v) is 2.61. The number of carbonyl (C=O) groups excluding carboxylic acids is 2. The topological polar surface area (TPSA) is 69.2 Å². The molecule has 0 radical (unpaired) electrons. The van der Waals surface area contributed by atoms with Crippen molar-refractivity contribution in [2.24, 2.45) is 11.7 Å². The van der Waals surface area contributed by atoms with Crippen molar-refractivity contribution in [1.82, 2.24) is 14.7 Å². The van der Waals surface area contributed by atoms with E-state index in [0.717, 1.165) is 58.2 Å². The van der Waals surface area contributed by atoms with E-state index in [9.17, 15) is 9.59 Å². The summed E-state index contributed by atoms with van der Waals surface area (Å²) >= 11 is 0. The molecule has 3 aliphatic heterocycles. The molecule has 0 atom stereocenters. The molecule has 3 heterocycles. The smallest absolute Gasteiger partial charge is 0.227 e. The van der Waals surface area contributed by atoms with E-state index in [2.05, 4.69) is 13.8 Å². The molecule has 2 N–H and O–H groups in total. The Balaban J connectivity index is 0.000000227. The van der Waals surface area contributed by atoms with Gasteiger partial charge in [-0.3, -0.25) is 9.59 Å². The van der Waals surface area contributed by atoms with Crippen LogP contribution in [0.1, 0.15) is 20.3 Å². The van der Waals surface area contributed by atoms with Gasteiger partial charge in [0.2, 0.25) is 11.6 Å². The summed E-state index contributed by atoms with van der Waals surface area (Å²) in [7, 11) is 0. The monoisotopic (exact) mass is 318 g/mol. The molecule has 0 bridgehead atoms. The Morgan fingerprint density at radius 2 is 1.48 bits per heavy atom. The molecular weight excluding hydrogens is 292 g/mol. The molecule has 6 heteroatoms. The molecule has 126 valence electrons. The summed E-state index contributed by atoms with van der Waals surface area (Å²) in [5.41, 5.74) is 7.12. The van der Waals surface area contributed by atoms with Crippen LogP contribution in [0.15, 0.2) is 23.2 Å². The van der Waals surface area contributed by atoms with Crippen LogP contribution in [-0.2, 0) is 9.59 Å². The highest BCUT2D eigenvalue weighted by molar-refractivity contribution is 6.22. The zero-order valence-electron chi connectivity index (χ0n) is 14.0. The number of allylic oxidation sites excluding steroid dienone is 1. The van der Waals surface area contributed by atoms with Crippen molar-refractivity contribution >= 4 is 11.6 Å². The quantitative estimate of drug-likeness (QED) is 0.576. The molecular formula is C17H26N4O2. The first-order valence-corrected chi connectivity index (χ1v) is 8.52. The maximum Gasteiger partial charge on any atom is 0.227 e. The Morgan fingerprint density at radius 1 is 0.957 bits per heavy atom. The van der Waals surface area contributed by atoms with Crippen molar-refractivity contribution in [3.63, 3.8) is 0 Å². The minimum atomic E-state index is 0.00546. The molecule has 0 aromatic carbocycles. The number of Topliss-reactive ketones (excluding diaryl/α,β-unsaturated/α-hetero) is 1. The van der Waals surface area contributed by atoms with Gasteiger partial charge in [-0.25, -0.2) is 0 Å². The van der Waals surface area contributed by atoms with Crippen molar-refractivity contribution in [3.8, 4) is 0 Å². The molecule has 3 fully saturated rings. The first-order chi connectivity index (χ1) is 11.0. The summed E-state index contributed by atoms with van der Waals surface area (Å²) in [6.45, 7) is 10.6. The number of carbonyl (C=O) groups is 2. The highest BCUT2D eigenvalue weighted by Gasteiger charge is 2.43. The van der Waals surface area contributed by atoms with Crippen molar-refractivity contribution in [3.05, 3.63) is 23.2 Å². The van der Waals surface area contributed by atoms with Gasteiger partial charge >= 0.3 is 0 Å². The molecule has 4 rings (SSSR count). The normalized spacial score (nSPS) is 22.3. The maximum absolute atomic E-state index is 12.4. The third-order valence-corrected chi connectivity index (χ3v) is 4.23. The van der Waals surface area contributed by atoms with Gasteiger partial charge in [0.15, 0.2) is 0 Å². The second-order valence-electron chi connectivity index (χ2n) is 6.85. The molecule has 0 amide bonds. The average Bonchev–Trinajstić information content (AvgIpc) is 3.37. The molecule has 1 aliphatic carbocycles. The van der Waals surface area contributed by atoms with Crippen LogP contribution in [0.2, 0.25) is 0 Å². The number of hydrogen-bond donors (Lipinski definition) is 1. The van der Waals surface area contributed by atoms with E-state index in [0.29, 0.717) is 17.1 Å². The number of nitrogens with zero attached hydrogens (tertiary/aromatic N) is 3. The first kappa shape index (κ1) is 16.1. The number of ketones is 2. The second-order valence-corrected chi connectivity index (χ2v) is 6.85. The number of rotatable bonds is 5. The van der Waals surface area contributed by atoms with E-state index in [4.69, 9.17) is 5.73 Å². The molecule has 6 nitrogen and oxygen atoms in total. The van der Waals surface area contributed by atoms with Crippen molar-refractivity contribution in [2.75, 3.05) is 45.8 Å². The molecule has 0 aromatic rings. The lowest BCUT2D eigenvalue weighted by Crippen LogP contribution is -2.29. The summed E-state index contributed by atoms with van der Waals surface area (Å²) in [6, 6.07) is 0. The summed E-state index contributed by atoms with van der Waals surface area (Å²) in [5, 5.41) is 0. The van der Waals surface area contributed by atoms with E-state index in [-0.39, 0.29) is 11.6 Å². The third kappa shape index (κ3) is 3.75. The lowest BCUT2D eigenvalue weighted by molar-refractivity contribution is -0.117. The standard InChI is InChI=1S/C12H13N3O2.C5H13N/c16-9-7-8(13-1-2-13)12(17)11(15-5-6-15)10(9)14-3-4-14;1-5(2)3-4-6/h7H,1-6H2;5H,3-4,6H2,1-2H3. The predicted molar refractivity (Wildman–Crippen MR) is 88.4 cm³/mol. The van der Waals surface area contributed by atoms with Crippen LogP contribution in [0.25, 0.3) is 0 Å². The van der Waals surface area contributed by atoms with E-state index >= 15 is 0 Å². The van der Waals surface area contributed by atoms with Gasteiger partial charge < -0.3 is 20.4 Å². The SMILES string of the molecule is CC(C)CCN.O=C1C=C(N2CC2)C(=O)C(N2CC2)=C1N1CC1. The van der Waals surface area contributed by atoms with Gasteiger partial charge in [-0.15, -0.1) is 0 Å². The third-order valence-electron chi connectivity index (χ3n) is 4.23. The molecule has 0 aromatic heterocycles. The van der Waals surface area contributed by atoms with Crippen LogP contribution in [0.4, 0.5) is 0 Å². The largest absolute Gasteiger partial charge is 0.365 e. The van der Waals surface area contributed by atoms with E-state index in [1.165, 1.54) is 6.08 Å². The Hall–Kier alpha value is -1.82. The van der Waals surface area contributed by atoms with E-state index in [1.807, 2.05) is 14.7 Å². The lowest BCUT2D eigenvalue weighted by atomic mass is 10.0. The fourth-order valence-electron chi connectivity index (χ4n) is 2.61. The van der Waals surface area contributed by atoms with Gasteiger partial charge in [0, 0.05) is 45.3 Å². The van der Waals surface area contributed by atoms with Crippen molar-refractivity contribution < 1.29 is 9.59 Å². The highest BCUT2D eigenvalue weighted by Crippen LogP contribution is 2.33. The van der Waals surface area contributed by atoms with E-state index < -0.39 is 0 Å². The molecule has 0 saturated carbocycles. The summed E-state index contributed by atoms with van der Waals surface area (Å²) in [6.07, 6.45) is 2.68. The number of hydrogen-bond acceptors (Lipinski definition) is 6. The van der Waals surface area contributed by atoms with Gasteiger partial charge in [0.1, 0.15) is 11.4 Å². The number of nitrogens with two attached hydrogens (primary N) is 1. The van der Waals surface area contributed by atoms with Crippen LogP contribution in [0.5, 0.6) is 0 Å². The van der Waals surface area contributed by atoms with E-state index in [1.54, 1.807) is 0 Å². The molecule has 3 saturated heterocycles. The summed E-state index contributed by atoms with van der Waals surface area (Å²) in [4.78, 5) is 30.5. The molecule has 0 spiro atoms.